The van der Waals surface area contributed by atoms with Crippen LogP contribution in [0.2, 0.25) is 0 Å². The van der Waals surface area contributed by atoms with Gasteiger partial charge in [0.05, 0.1) is 0 Å². The predicted molar refractivity (Wildman–Crippen MR) is 54.1 cm³/mol. The van der Waals surface area contributed by atoms with E-state index >= 15 is 0 Å². The lowest BCUT2D eigenvalue weighted by molar-refractivity contribution is 0.208. The molecule has 0 saturated carbocycles. The summed E-state index contributed by atoms with van der Waals surface area (Å²) in [6.45, 7) is 6.23. The number of aliphatic hydroxyl groups is 1. The van der Waals surface area contributed by atoms with Crippen molar-refractivity contribution in [2.45, 2.75) is 45.4 Å². The minimum atomic E-state index is 0.345. The maximum atomic E-state index is 9.02. The third-order valence-electron chi connectivity index (χ3n) is 2.25. The Hall–Kier alpha value is -0.300. The second-order valence-corrected chi connectivity index (χ2v) is 3.41. The van der Waals surface area contributed by atoms with Crippen molar-refractivity contribution in [3.8, 4) is 0 Å². The molecule has 0 amide bonds. The van der Waals surface area contributed by atoms with Crippen LogP contribution >= 0.6 is 0 Å². The van der Waals surface area contributed by atoms with E-state index in [1.807, 2.05) is 6.08 Å². The minimum absolute atomic E-state index is 0.345. The Labute approximate surface area is 76.5 Å². The zero-order valence-electron chi connectivity index (χ0n) is 8.26. The van der Waals surface area contributed by atoms with E-state index in [-0.39, 0.29) is 0 Å². The summed E-state index contributed by atoms with van der Waals surface area (Å²) in [5.74, 6) is 0.509. The summed E-state index contributed by atoms with van der Waals surface area (Å²) in [6.07, 6.45) is 9.07. The van der Waals surface area contributed by atoms with Gasteiger partial charge in [-0.3, -0.25) is 0 Å². The first-order chi connectivity index (χ1) is 5.85. The van der Waals surface area contributed by atoms with Gasteiger partial charge < -0.3 is 5.11 Å². The van der Waals surface area contributed by atoms with Crippen LogP contribution in [-0.4, -0.2) is 11.7 Å². The van der Waals surface area contributed by atoms with Crippen LogP contribution in [0.1, 0.15) is 45.4 Å². The van der Waals surface area contributed by atoms with Gasteiger partial charge in [-0.1, -0.05) is 32.3 Å². The molecule has 72 valence electrons. The molecule has 1 nitrogen and oxygen atoms in total. The SMILES string of the molecule is C=CCCC(CO)CCCCC. The molecule has 1 atom stereocenters. The van der Waals surface area contributed by atoms with E-state index in [1.54, 1.807) is 0 Å². The van der Waals surface area contributed by atoms with Crippen LogP contribution in [0.15, 0.2) is 12.7 Å². The van der Waals surface area contributed by atoms with E-state index < -0.39 is 0 Å². The molecule has 0 rings (SSSR count). The lowest BCUT2D eigenvalue weighted by Crippen LogP contribution is -2.05. The van der Waals surface area contributed by atoms with Gasteiger partial charge in [-0.25, -0.2) is 0 Å². The molecule has 1 unspecified atom stereocenters. The van der Waals surface area contributed by atoms with Crippen molar-refractivity contribution in [3.05, 3.63) is 12.7 Å². The molecule has 0 aliphatic heterocycles. The summed E-state index contributed by atoms with van der Waals surface area (Å²) in [4.78, 5) is 0. The van der Waals surface area contributed by atoms with Crippen molar-refractivity contribution in [1.29, 1.82) is 0 Å². The smallest absolute Gasteiger partial charge is 0.0459 e. The number of rotatable bonds is 8. The average Bonchev–Trinajstić information content (AvgIpc) is 2.11. The molecule has 0 aromatic carbocycles. The fourth-order valence-corrected chi connectivity index (χ4v) is 1.36. The molecule has 1 N–H and O–H groups in total. The quantitative estimate of drug-likeness (QED) is 0.438. The Bertz CT molecular complexity index is 99.2. The predicted octanol–water partition coefficient (Wildman–Crippen LogP) is 3.14. The van der Waals surface area contributed by atoms with Gasteiger partial charge in [-0.15, -0.1) is 6.58 Å². The molecule has 0 heterocycles. The number of allylic oxidation sites excluding steroid dienone is 1. The topological polar surface area (TPSA) is 20.2 Å². The zero-order chi connectivity index (χ0) is 9.23. The summed E-state index contributed by atoms with van der Waals surface area (Å²) in [5, 5.41) is 9.02. The summed E-state index contributed by atoms with van der Waals surface area (Å²) < 4.78 is 0. The molecule has 0 radical (unpaired) electrons. The van der Waals surface area contributed by atoms with Gasteiger partial charge in [0.2, 0.25) is 0 Å². The maximum absolute atomic E-state index is 9.02. The standard InChI is InChI=1S/C11H22O/c1-3-5-7-9-11(10-12)8-6-4-2/h4,11-12H,2-3,5-10H2,1H3. The highest BCUT2D eigenvalue weighted by Crippen LogP contribution is 2.14. The third-order valence-corrected chi connectivity index (χ3v) is 2.25. The largest absolute Gasteiger partial charge is 0.396 e. The molecule has 0 aliphatic rings. The lowest BCUT2D eigenvalue weighted by Gasteiger charge is -2.11. The van der Waals surface area contributed by atoms with Crippen LogP contribution in [0, 0.1) is 5.92 Å². The second kappa shape index (κ2) is 8.79. The molecule has 0 aromatic rings. The van der Waals surface area contributed by atoms with Crippen LogP contribution in [-0.2, 0) is 0 Å². The van der Waals surface area contributed by atoms with Crippen LogP contribution in [0.25, 0.3) is 0 Å². The third kappa shape index (κ3) is 6.41. The molecule has 0 aromatic heterocycles. The molecule has 12 heavy (non-hydrogen) atoms. The molecule has 1 heteroatoms. The monoisotopic (exact) mass is 170 g/mol. The van der Waals surface area contributed by atoms with Crippen LogP contribution in [0.4, 0.5) is 0 Å². The summed E-state index contributed by atoms with van der Waals surface area (Å²) in [7, 11) is 0. The van der Waals surface area contributed by atoms with E-state index in [0.29, 0.717) is 12.5 Å². The highest BCUT2D eigenvalue weighted by molar-refractivity contribution is 4.69. The molecular formula is C11H22O. The summed E-state index contributed by atoms with van der Waals surface area (Å²) in [6, 6.07) is 0. The van der Waals surface area contributed by atoms with Crippen molar-refractivity contribution in [2.75, 3.05) is 6.61 Å². The van der Waals surface area contributed by atoms with Crippen LogP contribution < -0.4 is 0 Å². The maximum Gasteiger partial charge on any atom is 0.0459 e. The van der Waals surface area contributed by atoms with Gasteiger partial charge in [0, 0.05) is 6.61 Å². The number of hydrogen-bond donors (Lipinski definition) is 1. The highest BCUT2D eigenvalue weighted by atomic mass is 16.3. The average molecular weight is 170 g/mol. The molecule has 0 saturated heterocycles. The molecule has 0 fully saturated rings. The summed E-state index contributed by atoms with van der Waals surface area (Å²) >= 11 is 0. The van der Waals surface area contributed by atoms with Crippen molar-refractivity contribution < 1.29 is 5.11 Å². The Morgan fingerprint density at radius 2 is 2.08 bits per heavy atom. The first kappa shape index (κ1) is 11.7. The Morgan fingerprint density at radius 3 is 2.58 bits per heavy atom. The Morgan fingerprint density at radius 1 is 1.33 bits per heavy atom. The van der Waals surface area contributed by atoms with Crippen molar-refractivity contribution in [1.82, 2.24) is 0 Å². The van der Waals surface area contributed by atoms with Gasteiger partial charge >= 0.3 is 0 Å². The van der Waals surface area contributed by atoms with Crippen molar-refractivity contribution in [2.24, 2.45) is 5.92 Å². The van der Waals surface area contributed by atoms with Gasteiger partial charge in [-0.05, 0) is 25.2 Å². The van der Waals surface area contributed by atoms with E-state index in [9.17, 15) is 0 Å². The van der Waals surface area contributed by atoms with E-state index in [2.05, 4.69) is 13.5 Å². The number of hydrogen-bond acceptors (Lipinski definition) is 1. The summed E-state index contributed by atoms with van der Waals surface area (Å²) in [5.41, 5.74) is 0. The zero-order valence-corrected chi connectivity index (χ0v) is 8.26. The number of unbranched alkanes of at least 4 members (excludes halogenated alkanes) is 2. The van der Waals surface area contributed by atoms with E-state index in [1.165, 1.54) is 25.7 Å². The fourth-order valence-electron chi connectivity index (χ4n) is 1.36. The van der Waals surface area contributed by atoms with Crippen molar-refractivity contribution >= 4 is 0 Å². The molecule has 0 aliphatic carbocycles. The van der Waals surface area contributed by atoms with E-state index in [4.69, 9.17) is 5.11 Å². The molecule has 0 bridgehead atoms. The van der Waals surface area contributed by atoms with Crippen LogP contribution in [0.3, 0.4) is 0 Å². The van der Waals surface area contributed by atoms with Gasteiger partial charge in [0.1, 0.15) is 0 Å². The Kier molecular flexibility index (Phi) is 8.57. The van der Waals surface area contributed by atoms with Gasteiger partial charge in [0.15, 0.2) is 0 Å². The molecular weight excluding hydrogens is 148 g/mol. The fraction of sp³-hybridized carbons (Fsp3) is 0.818. The Balaban J connectivity index is 3.32. The first-order valence-corrected chi connectivity index (χ1v) is 5.06. The van der Waals surface area contributed by atoms with Gasteiger partial charge in [-0.2, -0.15) is 0 Å². The van der Waals surface area contributed by atoms with Crippen molar-refractivity contribution in [3.63, 3.8) is 0 Å². The normalized spacial score (nSPS) is 12.8. The highest BCUT2D eigenvalue weighted by Gasteiger charge is 2.04. The minimum Gasteiger partial charge on any atom is -0.396 e. The lowest BCUT2D eigenvalue weighted by atomic mass is 9.97. The first-order valence-electron chi connectivity index (χ1n) is 5.06. The number of aliphatic hydroxyl groups excluding tert-OH is 1. The second-order valence-electron chi connectivity index (χ2n) is 3.41. The van der Waals surface area contributed by atoms with E-state index in [0.717, 1.165) is 12.8 Å². The van der Waals surface area contributed by atoms with Gasteiger partial charge in [0.25, 0.3) is 0 Å². The molecule has 0 spiro atoms. The van der Waals surface area contributed by atoms with Crippen LogP contribution in [0.5, 0.6) is 0 Å².